The van der Waals surface area contributed by atoms with Crippen molar-refractivity contribution < 1.29 is 0 Å². The molecule has 2 aromatic rings. The van der Waals surface area contributed by atoms with Crippen LogP contribution < -0.4 is 5.73 Å². The Hall–Kier alpha value is -0.640. The summed E-state index contributed by atoms with van der Waals surface area (Å²) in [6.07, 6.45) is 0. The van der Waals surface area contributed by atoms with Crippen LogP contribution in [0.2, 0.25) is 0 Å². The van der Waals surface area contributed by atoms with Gasteiger partial charge < -0.3 is 5.73 Å². The van der Waals surface area contributed by atoms with Crippen molar-refractivity contribution in [2.45, 2.75) is 6.04 Å². The van der Waals surface area contributed by atoms with Crippen molar-refractivity contribution in [2.75, 3.05) is 0 Å². The number of halogens is 2. The van der Waals surface area contributed by atoms with E-state index in [0.717, 1.165) is 20.1 Å². The summed E-state index contributed by atoms with van der Waals surface area (Å²) in [7, 11) is 0. The number of benzene rings is 2. The van der Waals surface area contributed by atoms with E-state index in [0.29, 0.717) is 0 Å². The van der Waals surface area contributed by atoms with Crippen molar-refractivity contribution in [1.29, 1.82) is 0 Å². The second-order valence-corrected chi connectivity index (χ2v) is 5.42. The molecule has 2 rings (SSSR count). The van der Waals surface area contributed by atoms with Crippen molar-refractivity contribution in [1.82, 2.24) is 0 Å². The van der Waals surface area contributed by atoms with Crippen LogP contribution in [-0.2, 0) is 0 Å². The van der Waals surface area contributed by atoms with Crippen molar-refractivity contribution in [3.05, 3.63) is 68.6 Å². The third-order valence-corrected chi connectivity index (χ3v) is 3.40. The molecule has 0 atom stereocenters. The molecule has 0 radical (unpaired) electrons. The van der Waals surface area contributed by atoms with Crippen molar-refractivity contribution in [3.63, 3.8) is 0 Å². The van der Waals surface area contributed by atoms with Crippen LogP contribution in [0.3, 0.4) is 0 Å². The highest BCUT2D eigenvalue weighted by Gasteiger charge is 2.08. The van der Waals surface area contributed by atoms with E-state index < -0.39 is 0 Å². The molecule has 0 saturated heterocycles. The highest BCUT2D eigenvalue weighted by Crippen LogP contribution is 2.24. The minimum absolute atomic E-state index is 0.0880. The van der Waals surface area contributed by atoms with Crippen LogP contribution in [0.1, 0.15) is 17.2 Å². The molecule has 0 aliphatic carbocycles. The van der Waals surface area contributed by atoms with Gasteiger partial charge in [-0.15, -0.1) is 0 Å². The van der Waals surface area contributed by atoms with E-state index in [9.17, 15) is 0 Å². The second kappa shape index (κ2) is 5.13. The van der Waals surface area contributed by atoms with E-state index in [2.05, 4.69) is 31.9 Å². The normalized spacial score (nSPS) is 10.8. The molecule has 0 aromatic heterocycles. The SMILES string of the molecule is NC(c1cccc(Br)c1)c1cccc(Br)c1. The van der Waals surface area contributed by atoms with Crippen LogP contribution in [-0.4, -0.2) is 0 Å². The first kappa shape index (κ1) is 11.8. The summed E-state index contributed by atoms with van der Waals surface area (Å²) in [5.41, 5.74) is 8.42. The zero-order valence-electron chi connectivity index (χ0n) is 8.53. The molecule has 0 amide bonds. The maximum atomic E-state index is 6.21. The first-order chi connectivity index (χ1) is 7.66. The van der Waals surface area contributed by atoms with Gasteiger partial charge in [-0.3, -0.25) is 0 Å². The molecule has 0 saturated carbocycles. The van der Waals surface area contributed by atoms with Crippen LogP contribution in [0.15, 0.2) is 57.5 Å². The lowest BCUT2D eigenvalue weighted by molar-refractivity contribution is 0.869. The summed E-state index contributed by atoms with van der Waals surface area (Å²) < 4.78 is 2.10. The van der Waals surface area contributed by atoms with E-state index in [1.54, 1.807) is 0 Å². The van der Waals surface area contributed by atoms with Gasteiger partial charge in [-0.25, -0.2) is 0 Å². The summed E-state index contributed by atoms with van der Waals surface area (Å²) in [5, 5.41) is 0. The first-order valence-electron chi connectivity index (χ1n) is 4.93. The second-order valence-electron chi connectivity index (χ2n) is 3.59. The predicted octanol–water partition coefficient (Wildman–Crippen LogP) is 4.26. The average Bonchev–Trinajstić information content (AvgIpc) is 2.28. The van der Waals surface area contributed by atoms with Gasteiger partial charge in [0.2, 0.25) is 0 Å². The molecule has 1 nitrogen and oxygen atoms in total. The molecule has 2 N–H and O–H groups in total. The molecular weight excluding hydrogens is 330 g/mol. The highest BCUT2D eigenvalue weighted by atomic mass is 79.9. The van der Waals surface area contributed by atoms with Crippen LogP contribution >= 0.6 is 31.9 Å². The molecule has 3 heteroatoms. The molecule has 2 aromatic carbocycles. The summed E-state index contributed by atoms with van der Waals surface area (Å²) in [6.45, 7) is 0. The van der Waals surface area contributed by atoms with Gasteiger partial charge >= 0.3 is 0 Å². The van der Waals surface area contributed by atoms with Gasteiger partial charge in [-0.1, -0.05) is 56.1 Å². The van der Waals surface area contributed by atoms with Gasteiger partial charge in [0.1, 0.15) is 0 Å². The molecular formula is C13H11Br2N. The summed E-state index contributed by atoms with van der Waals surface area (Å²) in [6, 6.07) is 16.1. The van der Waals surface area contributed by atoms with Gasteiger partial charge in [0.25, 0.3) is 0 Å². The Kier molecular flexibility index (Phi) is 3.79. The summed E-state index contributed by atoms with van der Waals surface area (Å²) in [4.78, 5) is 0. The lowest BCUT2D eigenvalue weighted by Crippen LogP contribution is -2.11. The lowest BCUT2D eigenvalue weighted by atomic mass is 10.00. The smallest absolute Gasteiger partial charge is 0.0552 e. The van der Waals surface area contributed by atoms with Gasteiger partial charge in [0, 0.05) is 8.95 Å². The molecule has 0 fully saturated rings. The topological polar surface area (TPSA) is 26.0 Å². The quantitative estimate of drug-likeness (QED) is 0.868. The number of nitrogens with two attached hydrogens (primary N) is 1. The molecule has 0 unspecified atom stereocenters. The van der Waals surface area contributed by atoms with Gasteiger partial charge in [-0.05, 0) is 35.4 Å². The molecule has 16 heavy (non-hydrogen) atoms. The molecule has 82 valence electrons. The number of hydrogen-bond donors (Lipinski definition) is 1. The Bertz CT molecular complexity index is 451. The lowest BCUT2D eigenvalue weighted by Gasteiger charge is -2.13. The van der Waals surface area contributed by atoms with Gasteiger partial charge in [0.05, 0.1) is 6.04 Å². The minimum atomic E-state index is -0.0880. The fraction of sp³-hybridized carbons (Fsp3) is 0.0769. The van der Waals surface area contributed by atoms with Crippen molar-refractivity contribution >= 4 is 31.9 Å². The van der Waals surface area contributed by atoms with Gasteiger partial charge in [0.15, 0.2) is 0 Å². The van der Waals surface area contributed by atoms with Crippen LogP contribution in [0.4, 0.5) is 0 Å². The molecule has 0 aliphatic rings. The van der Waals surface area contributed by atoms with Gasteiger partial charge in [-0.2, -0.15) is 0 Å². The standard InChI is InChI=1S/C13H11Br2N/c14-11-5-1-3-9(7-11)13(16)10-4-2-6-12(15)8-10/h1-8,13H,16H2. The largest absolute Gasteiger partial charge is 0.320 e. The van der Waals surface area contributed by atoms with E-state index >= 15 is 0 Å². The molecule has 0 aliphatic heterocycles. The number of hydrogen-bond acceptors (Lipinski definition) is 1. The molecule has 0 heterocycles. The highest BCUT2D eigenvalue weighted by molar-refractivity contribution is 9.10. The Balaban J connectivity index is 2.35. The zero-order valence-corrected chi connectivity index (χ0v) is 11.7. The minimum Gasteiger partial charge on any atom is -0.320 e. The van der Waals surface area contributed by atoms with Crippen LogP contribution in [0.5, 0.6) is 0 Å². The fourth-order valence-electron chi connectivity index (χ4n) is 1.59. The zero-order chi connectivity index (χ0) is 11.5. The van der Waals surface area contributed by atoms with E-state index in [1.165, 1.54) is 0 Å². The number of rotatable bonds is 2. The Labute approximate surface area is 112 Å². The molecule has 0 bridgehead atoms. The third-order valence-electron chi connectivity index (χ3n) is 2.42. The fourth-order valence-corrected chi connectivity index (χ4v) is 2.43. The van der Waals surface area contributed by atoms with E-state index in [4.69, 9.17) is 5.73 Å². The van der Waals surface area contributed by atoms with Crippen LogP contribution in [0.25, 0.3) is 0 Å². The Morgan fingerprint density at radius 3 is 1.62 bits per heavy atom. The van der Waals surface area contributed by atoms with Crippen molar-refractivity contribution in [2.24, 2.45) is 5.73 Å². The van der Waals surface area contributed by atoms with E-state index in [-0.39, 0.29) is 6.04 Å². The summed E-state index contributed by atoms with van der Waals surface area (Å²) in [5.74, 6) is 0. The monoisotopic (exact) mass is 339 g/mol. The summed E-state index contributed by atoms with van der Waals surface area (Å²) >= 11 is 6.91. The van der Waals surface area contributed by atoms with Crippen LogP contribution in [0, 0.1) is 0 Å². The van der Waals surface area contributed by atoms with Crippen molar-refractivity contribution in [3.8, 4) is 0 Å². The Morgan fingerprint density at radius 2 is 1.25 bits per heavy atom. The average molecular weight is 341 g/mol. The first-order valence-corrected chi connectivity index (χ1v) is 6.52. The molecule has 0 spiro atoms. The maximum Gasteiger partial charge on any atom is 0.0552 e. The maximum absolute atomic E-state index is 6.21. The predicted molar refractivity (Wildman–Crippen MR) is 74.3 cm³/mol. The Morgan fingerprint density at radius 1 is 0.812 bits per heavy atom. The van der Waals surface area contributed by atoms with E-state index in [1.807, 2.05) is 48.5 Å². The third kappa shape index (κ3) is 2.73.